The fourth-order valence-electron chi connectivity index (χ4n) is 1.93. The Balaban J connectivity index is 2.13. The molecule has 0 atom stereocenters. The van der Waals surface area contributed by atoms with Crippen LogP contribution >= 0.6 is 0 Å². The molecule has 0 radical (unpaired) electrons. The molecule has 0 aliphatic heterocycles. The fourth-order valence-corrected chi connectivity index (χ4v) is 1.93. The van der Waals surface area contributed by atoms with Crippen LogP contribution in [-0.2, 0) is 6.42 Å². The molecule has 0 saturated heterocycles. The number of aryl methyl sites for hydroxylation is 1. The molecule has 3 aromatic rings. The topological polar surface area (TPSA) is 26.0 Å². The molecule has 2 aromatic carbocycles. The predicted molar refractivity (Wildman–Crippen MR) is 68.8 cm³/mol. The van der Waals surface area contributed by atoms with E-state index in [1.165, 1.54) is 17.7 Å². The van der Waals surface area contributed by atoms with E-state index in [9.17, 15) is 4.39 Å². The van der Waals surface area contributed by atoms with Crippen LogP contribution < -0.4 is 0 Å². The molecule has 0 bridgehead atoms. The first kappa shape index (κ1) is 11.0. The third-order valence-electron chi connectivity index (χ3n) is 2.93. The quantitative estimate of drug-likeness (QED) is 0.672. The molecule has 0 aliphatic rings. The van der Waals surface area contributed by atoms with Gasteiger partial charge in [0.15, 0.2) is 5.58 Å². The smallest absolute Gasteiger partial charge is 0.227 e. The summed E-state index contributed by atoms with van der Waals surface area (Å²) in [5.41, 5.74) is 3.40. The number of hydrogen-bond acceptors (Lipinski definition) is 2. The zero-order valence-corrected chi connectivity index (χ0v) is 9.98. The van der Waals surface area contributed by atoms with Gasteiger partial charge in [0.25, 0.3) is 0 Å². The lowest BCUT2D eigenvalue weighted by molar-refractivity contribution is 0.611. The summed E-state index contributed by atoms with van der Waals surface area (Å²) in [6, 6.07) is 12.2. The number of oxazole rings is 1. The molecular formula is C15H12FNO. The average molecular weight is 241 g/mol. The minimum atomic E-state index is -0.288. The Morgan fingerprint density at radius 2 is 2.06 bits per heavy atom. The van der Waals surface area contributed by atoms with Crippen molar-refractivity contribution < 1.29 is 8.81 Å². The maximum absolute atomic E-state index is 13.2. The molecule has 3 heteroatoms. The largest absolute Gasteiger partial charge is 0.436 e. The number of aromatic nitrogens is 1. The van der Waals surface area contributed by atoms with Crippen molar-refractivity contribution in [2.45, 2.75) is 13.3 Å². The lowest BCUT2D eigenvalue weighted by atomic mass is 10.1. The Kier molecular flexibility index (Phi) is 2.59. The van der Waals surface area contributed by atoms with Crippen molar-refractivity contribution in [2.75, 3.05) is 0 Å². The summed E-state index contributed by atoms with van der Waals surface area (Å²) in [5, 5.41) is 0. The van der Waals surface area contributed by atoms with Gasteiger partial charge >= 0.3 is 0 Å². The number of benzene rings is 2. The summed E-state index contributed by atoms with van der Waals surface area (Å²) in [5.74, 6) is 0.168. The van der Waals surface area contributed by atoms with Crippen molar-refractivity contribution >= 4 is 11.1 Å². The number of fused-ring (bicyclic) bond motifs is 1. The van der Waals surface area contributed by atoms with E-state index in [1.807, 2.05) is 18.2 Å². The van der Waals surface area contributed by atoms with Gasteiger partial charge in [-0.25, -0.2) is 9.37 Å². The fraction of sp³-hybridized carbons (Fsp3) is 0.133. The normalized spacial score (nSPS) is 11.0. The van der Waals surface area contributed by atoms with Crippen LogP contribution in [0.1, 0.15) is 12.5 Å². The van der Waals surface area contributed by atoms with Crippen molar-refractivity contribution in [1.29, 1.82) is 0 Å². The highest BCUT2D eigenvalue weighted by Gasteiger charge is 2.08. The lowest BCUT2D eigenvalue weighted by Gasteiger charge is -1.94. The molecule has 0 aliphatic carbocycles. The van der Waals surface area contributed by atoms with Crippen molar-refractivity contribution in [3.63, 3.8) is 0 Å². The zero-order chi connectivity index (χ0) is 12.5. The second-order valence-electron chi connectivity index (χ2n) is 4.18. The van der Waals surface area contributed by atoms with Gasteiger partial charge in [0.05, 0.1) is 0 Å². The molecule has 1 aromatic heterocycles. The summed E-state index contributed by atoms with van der Waals surface area (Å²) < 4.78 is 18.8. The molecule has 3 rings (SSSR count). The highest BCUT2D eigenvalue weighted by atomic mass is 19.1. The van der Waals surface area contributed by atoms with Crippen LogP contribution in [0.2, 0.25) is 0 Å². The number of rotatable bonds is 2. The van der Waals surface area contributed by atoms with Crippen LogP contribution in [0.15, 0.2) is 46.9 Å². The lowest BCUT2D eigenvalue weighted by Crippen LogP contribution is -1.79. The van der Waals surface area contributed by atoms with Gasteiger partial charge in [-0.15, -0.1) is 0 Å². The highest BCUT2D eigenvalue weighted by Crippen LogP contribution is 2.25. The third kappa shape index (κ3) is 1.88. The Morgan fingerprint density at radius 3 is 2.83 bits per heavy atom. The maximum atomic E-state index is 13.2. The van der Waals surface area contributed by atoms with E-state index in [4.69, 9.17) is 4.42 Å². The zero-order valence-electron chi connectivity index (χ0n) is 9.98. The average Bonchev–Trinajstić information content (AvgIpc) is 2.81. The maximum Gasteiger partial charge on any atom is 0.227 e. The van der Waals surface area contributed by atoms with E-state index in [-0.39, 0.29) is 5.82 Å². The van der Waals surface area contributed by atoms with Crippen molar-refractivity contribution in [1.82, 2.24) is 4.98 Å². The van der Waals surface area contributed by atoms with Gasteiger partial charge in [-0.3, -0.25) is 0 Å². The Bertz CT molecular complexity index is 703. The summed E-state index contributed by atoms with van der Waals surface area (Å²) in [7, 11) is 0. The molecule has 0 spiro atoms. The Hall–Kier alpha value is -2.16. The van der Waals surface area contributed by atoms with E-state index in [0.29, 0.717) is 11.5 Å². The van der Waals surface area contributed by atoms with Crippen LogP contribution in [0.25, 0.3) is 22.6 Å². The van der Waals surface area contributed by atoms with Gasteiger partial charge in [0.1, 0.15) is 11.3 Å². The molecule has 18 heavy (non-hydrogen) atoms. The van der Waals surface area contributed by atoms with Crippen LogP contribution in [0, 0.1) is 5.82 Å². The van der Waals surface area contributed by atoms with Gasteiger partial charge < -0.3 is 4.42 Å². The van der Waals surface area contributed by atoms with E-state index in [0.717, 1.165) is 17.5 Å². The molecule has 0 N–H and O–H groups in total. The SMILES string of the molecule is CCc1ccc2nc(-c3cccc(F)c3)oc2c1. The first-order valence-corrected chi connectivity index (χ1v) is 5.91. The molecule has 0 amide bonds. The van der Waals surface area contributed by atoms with Crippen LogP contribution in [0.3, 0.4) is 0 Å². The number of nitrogens with zero attached hydrogens (tertiary/aromatic N) is 1. The van der Waals surface area contributed by atoms with Gasteiger partial charge in [-0.05, 0) is 42.3 Å². The molecule has 0 unspecified atom stereocenters. The summed E-state index contributed by atoms with van der Waals surface area (Å²) in [6.07, 6.45) is 0.950. The highest BCUT2D eigenvalue weighted by molar-refractivity contribution is 5.76. The summed E-state index contributed by atoms with van der Waals surface area (Å²) >= 11 is 0. The van der Waals surface area contributed by atoms with Crippen LogP contribution in [-0.4, -0.2) is 4.98 Å². The number of hydrogen-bond donors (Lipinski definition) is 0. The monoisotopic (exact) mass is 241 g/mol. The second-order valence-corrected chi connectivity index (χ2v) is 4.18. The summed E-state index contributed by atoms with van der Waals surface area (Å²) in [4.78, 5) is 4.37. The van der Waals surface area contributed by atoms with Crippen molar-refractivity contribution in [2.24, 2.45) is 0 Å². The van der Waals surface area contributed by atoms with E-state index in [2.05, 4.69) is 11.9 Å². The van der Waals surface area contributed by atoms with Crippen LogP contribution in [0.4, 0.5) is 4.39 Å². The first-order chi connectivity index (χ1) is 8.76. The van der Waals surface area contributed by atoms with E-state index < -0.39 is 0 Å². The molecule has 2 nitrogen and oxygen atoms in total. The van der Waals surface area contributed by atoms with Gasteiger partial charge in [-0.1, -0.05) is 19.1 Å². The molecule has 90 valence electrons. The van der Waals surface area contributed by atoms with E-state index in [1.54, 1.807) is 12.1 Å². The van der Waals surface area contributed by atoms with Gasteiger partial charge in [0.2, 0.25) is 5.89 Å². The molecule has 0 fully saturated rings. The standard InChI is InChI=1S/C15H12FNO/c1-2-10-6-7-13-14(8-10)18-15(17-13)11-4-3-5-12(16)9-11/h3-9H,2H2,1H3. The van der Waals surface area contributed by atoms with Gasteiger partial charge in [0, 0.05) is 5.56 Å². The van der Waals surface area contributed by atoms with Crippen LogP contribution in [0.5, 0.6) is 0 Å². The molecule has 0 saturated carbocycles. The van der Waals surface area contributed by atoms with Crippen molar-refractivity contribution in [3.05, 3.63) is 53.8 Å². The Morgan fingerprint density at radius 1 is 1.17 bits per heavy atom. The number of halogens is 1. The minimum absolute atomic E-state index is 0.288. The van der Waals surface area contributed by atoms with Gasteiger partial charge in [-0.2, -0.15) is 0 Å². The molecule has 1 heterocycles. The minimum Gasteiger partial charge on any atom is -0.436 e. The molecular weight excluding hydrogens is 229 g/mol. The Labute approximate surface area is 104 Å². The van der Waals surface area contributed by atoms with Crippen molar-refractivity contribution in [3.8, 4) is 11.5 Å². The second kappa shape index (κ2) is 4.26. The third-order valence-corrected chi connectivity index (χ3v) is 2.93. The summed E-state index contributed by atoms with van der Waals surface area (Å²) in [6.45, 7) is 2.09. The van der Waals surface area contributed by atoms with E-state index >= 15 is 0 Å². The first-order valence-electron chi connectivity index (χ1n) is 5.91. The predicted octanol–water partition coefficient (Wildman–Crippen LogP) is 4.20.